The second kappa shape index (κ2) is 11.4. The molecule has 0 bridgehead atoms. The first-order valence-corrected chi connectivity index (χ1v) is 15.1. The minimum atomic E-state index is -3.84. The summed E-state index contributed by atoms with van der Waals surface area (Å²) in [4.78, 5) is 15.5. The number of nitrogens with one attached hydrogen (secondary N) is 2. The van der Waals surface area contributed by atoms with Gasteiger partial charge in [-0.2, -0.15) is 14.0 Å². The minimum absolute atomic E-state index is 0.0573. The van der Waals surface area contributed by atoms with Crippen molar-refractivity contribution in [3.8, 4) is 6.07 Å². The number of ether oxygens (including phenoxy) is 1. The highest BCUT2D eigenvalue weighted by Crippen LogP contribution is 2.36. The zero-order valence-corrected chi connectivity index (χ0v) is 24.0. The molecule has 0 aliphatic carbocycles. The van der Waals surface area contributed by atoms with Gasteiger partial charge < -0.3 is 24.6 Å². The first-order chi connectivity index (χ1) is 19.9. The second-order valence-electron chi connectivity index (χ2n) is 11.0. The van der Waals surface area contributed by atoms with E-state index in [2.05, 4.69) is 16.1 Å². The summed E-state index contributed by atoms with van der Waals surface area (Å²) in [5.74, 6) is -0.990. The number of halogens is 2. The van der Waals surface area contributed by atoms with Crippen molar-refractivity contribution >= 4 is 43.9 Å². The summed E-state index contributed by atoms with van der Waals surface area (Å²) in [5.41, 5.74) is 2.91. The third kappa shape index (κ3) is 5.97. The topological polar surface area (TPSA) is 137 Å². The Labute approximate surface area is 242 Å². The van der Waals surface area contributed by atoms with Crippen molar-refractivity contribution < 1.29 is 31.8 Å². The lowest BCUT2D eigenvalue weighted by Gasteiger charge is -2.32. The van der Waals surface area contributed by atoms with Gasteiger partial charge in [0.15, 0.2) is 0 Å². The summed E-state index contributed by atoms with van der Waals surface area (Å²) in [6.45, 7) is 4.67. The van der Waals surface area contributed by atoms with Gasteiger partial charge in [-0.25, -0.2) is 8.42 Å². The van der Waals surface area contributed by atoms with Crippen LogP contribution in [0.1, 0.15) is 48.3 Å². The monoisotopic (exact) mass is 599 g/mol. The van der Waals surface area contributed by atoms with Gasteiger partial charge in [-0.3, -0.25) is 9.52 Å². The SMILES string of the molecule is CC1(C)Cn2c(cc3c(NC(=O)c4ccc(NS(=O)(=O)CCO)cc4N4CCC(=C(F)F)CC4)ccc(C#N)c32)CO1. The molecule has 2 aromatic carbocycles. The van der Waals surface area contributed by atoms with E-state index in [9.17, 15) is 27.3 Å². The Morgan fingerprint density at radius 3 is 2.57 bits per heavy atom. The molecule has 3 aromatic rings. The van der Waals surface area contributed by atoms with Crippen LogP contribution in [0.4, 0.5) is 25.8 Å². The number of rotatable bonds is 7. The lowest BCUT2D eigenvalue weighted by molar-refractivity contribution is -0.0613. The number of sulfonamides is 1. The van der Waals surface area contributed by atoms with E-state index in [1.165, 1.54) is 18.2 Å². The highest BCUT2D eigenvalue weighted by atomic mass is 32.2. The molecule has 3 heterocycles. The standard InChI is InChI=1S/C29H31F2N5O5S/c1-29(2)17-36-21(16-41-29)14-23-24(6-3-19(15-32)26(23)36)33-28(38)22-5-4-20(34-42(39,40)12-11-37)13-25(22)35-9-7-18(8-10-35)27(30)31/h3-6,13-14,34,37H,7-12,16-17H2,1-2H3,(H,33,38). The number of aliphatic hydroxyl groups excluding tert-OH is 1. The van der Waals surface area contributed by atoms with E-state index < -0.39 is 40.0 Å². The fourth-order valence-corrected chi connectivity index (χ4v) is 6.25. The molecule has 13 heteroatoms. The van der Waals surface area contributed by atoms with E-state index in [-0.39, 0.29) is 42.8 Å². The zero-order chi connectivity index (χ0) is 30.2. The van der Waals surface area contributed by atoms with Gasteiger partial charge in [0, 0.05) is 24.2 Å². The number of aromatic nitrogens is 1. The molecule has 222 valence electrons. The molecule has 1 fully saturated rings. The van der Waals surface area contributed by atoms with Gasteiger partial charge in [0.25, 0.3) is 12.0 Å². The predicted molar refractivity (Wildman–Crippen MR) is 155 cm³/mol. The van der Waals surface area contributed by atoms with E-state index in [4.69, 9.17) is 9.84 Å². The van der Waals surface area contributed by atoms with Gasteiger partial charge in [-0.1, -0.05) is 0 Å². The fraction of sp³-hybridized carbons (Fsp3) is 0.379. The average Bonchev–Trinajstić information content (AvgIpc) is 3.31. The molecule has 1 aromatic heterocycles. The van der Waals surface area contributed by atoms with Crippen molar-refractivity contribution in [1.29, 1.82) is 5.26 Å². The summed E-state index contributed by atoms with van der Waals surface area (Å²) in [6, 6.07) is 11.9. The Balaban J connectivity index is 1.52. The molecule has 0 radical (unpaired) electrons. The Morgan fingerprint density at radius 1 is 1.17 bits per heavy atom. The number of piperidine rings is 1. The van der Waals surface area contributed by atoms with E-state index in [0.717, 1.165) is 5.69 Å². The van der Waals surface area contributed by atoms with Crippen LogP contribution < -0.4 is 14.9 Å². The van der Waals surface area contributed by atoms with Gasteiger partial charge in [0.1, 0.15) is 6.07 Å². The molecule has 0 saturated carbocycles. The molecular weight excluding hydrogens is 568 g/mol. The first kappa shape index (κ1) is 29.5. The van der Waals surface area contributed by atoms with Gasteiger partial charge >= 0.3 is 0 Å². The Hall–Kier alpha value is -3.99. The highest BCUT2D eigenvalue weighted by molar-refractivity contribution is 7.92. The first-order valence-electron chi connectivity index (χ1n) is 13.5. The van der Waals surface area contributed by atoms with Gasteiger partial charge in [-0.15, -0.1) is 0 Å². The summed E-state index contributed by atoms with van der Waals surface area (Å²) in [6.07, 6.45) is -1.49. The number of anilines is 3. The van der Waals surface area contributed by atoms with Crippen LogP contribution in [-0.2, 0) is 27.9 Å². The molecule has 42 heavy (non-hydrogen) atoms. The molecule has 0 spiro atoms. The largest absolute Gasteiger partial charge is 0.395 e. The molecule has 1 amide bonds. The van der Waals surface area contributed by atoms with Crippen LogP contribution in [0.5, 0.6) is 0 Å². The number of hydrogen-bond acceptors (Lipinski definition) is 7. The number of carbonyl (C=O) groups is 1. The number of nitriles is 1. The van der Waals surface area contributed by atoms with Gasteiger partial charge in [-0.05, 0) is 68.7 Å². The molecule has 0 atom stereocenters. The number of benzene rings is 2. The molecule has 3 N–H and O–H groups in total. The zero-order valence-electron chi connectivity index (χ0n) is 23.2. The van der Waals surface area contributed by atoms with Gasteiger partial charge in [0.05, 0.1) is 64.8 Å². The Kier molecular flexibility index (Phi) is 7.98. The molecule has 1 saturated heterocycles. The molecule has 5 rings (SSSR count). The molecule has 2 aliphatic heterocycles. The quantitative estimate of drug-likeness (QED) is 0.362. The minimum Gasteiger partial charge on any atom is -0.395 e. The summed E-state index contributed by atoms with van der Waals surface area (Å²) in [7, 11) is -3.84. The third-order valence-electron chi connectivity index (χ3n) is 7.51. The molecule has 0 unspecified atom stereocenters. The number of fused-ring (bicyclic) bond motifs is 3. The lowest BCUT2D eigenvalue weighted by Crippen LogP contribution is -2.35. The summed E-state index contributed by atoms with van der Waals surface area (Å²) in [5, 5.41) is 22.5. The normalized spacial score (nSPS) is 16.6. The maximum Gasteiger partial charge on any atom is 0.269 e. The van der Waals surface area contributed by atoms with Gasteiger partial charge in [0.2, 0.25) is 10.0 Å². The van der Waals surface area contributed by atoms with E-state index in [1.807, 2.05) is 24.5 Å². The number of hydrogen-bond donors (Lipinski definition) is 3. The predicted octanol–water partition coefficient (Wildman–Crippen LogP) is 4.56. The number of carbonyl (C=O) groups excluding carboxylic acids is 1. The molecular formula is C29H31F2N5O5S. The van der Waals surface area contributed by atoms with Crippen LogP contribution in [0, 0.1) is 11.3 Å². The van der Waals surface area contributed by atoms with Crippen molar-refractivity contribution in [2.45, 2.75) is 45.4 Å². The fourth-order valence-electron chi connectivity index (χ4n) is 5.42. The van der Waals surface area contributed by atoms with Crippen LogP contribution in [0.3, 0.4) is 0 Å². The molecule has 10 nitrogen and oxygen atoms in total. The van der Waals surface area contributed by atoms with Crippen LogP contribution in [-0.4, -0.2) is 55.0 Å². The Morgan fingerprint density at radius 2 is 1.90 bits per heavy atom. The van der Waals surface area contributed by atoms with E-state index >= 15 is 0 Å². The number of amides is 1. The van der Waals surface area contributed by atoms with E-state index in [1.54, 1.807) is 17.0 Å². The maximum atomic E-state index is 13.8. The second-order valence-corrected chi connectivity index (χ2v) is 12.8. The van der Waals surface area contributed by atoms with Crippen molar-refractivity contribution in [3.05, 3.63) is 64.9 Å². The van der Waals surface area contributed by atoms with Crippen LogP contribution in [0.25, 0.3) is 10.9 Å². The van der Waals surface area contributed by atoms with Crippen molar-refractivity contribution in [2.75, 3.05) is 40.4 Å². The van der Waals surface area contributed by atoms with Crippen molar-refractivity contribution in [1.82, 2.24) is 4.57 Å². The maximum absolute atomic E-state index is 13.8. The van der Waals surface area contributed by atoms with Crippen molar-refractivity contribution in [3.63, 3.8) is 0 Å². The summed E-state index contributed by atoms with van der Waals surface area (Å²) >= 11 is 0. The smallest absolute Gasteiger partial charge is 0.269 e. The number of aliphatic hydroxyl groups is 1. The van der Waals surface area contributed by atoms with Crippen LogP contribution in [0.15, 0.2) is 48.1 Å². The van der Waals surface area contributed by atoms with Crippen LogP contribution in [0.2, 0.25) is 0 Å². The third-order valence-corrected chi connectivity index (χ3v) is 8.78. The van der Waals surface area contributed by atoms with E-state index in [0.29, 0.717) is 41.0 Å². The molecule has 2 aliphatic rings. The summed E-state index contributed by atoms with van der Waals surface area (Å²) < 4.78 is 61.3. The Bertz CT molecular complexity index is 1730. The van der Waals surface area contributed by atoms with Crippen LogP contribution >= 0.6 is 0 Å². The lowest BCUT2D eigenvalue weighted by atomic mass is 10.0. The number of nitrogens with zero attached hydrogens (tertiary/aromatic N) is 3. The average molecular weight is 600 g/mol. The highest BCUT2D eigenvalue weighted by Gasteiger charge is 2.29. The van der Waals surface area contributed by atoms with Crippen molar-refractivity contribution in [2.24, 2.45) is 0 Å².